The first-order valence-electron chi connectivity index (χ1n) is 6.97. The number of fused-ring (bicyclic) bond motifs is 1. The van der Waals surface area contributed by atoms with Crippen LogP contribution in [-0.2, 0) is 11.3 Å². The van der Waals surface area contributed by atoms with Gasteiger partial charge in [0.05, 0.1) is 18.3 Å². The number of aromatic nitrogens is 2. The van der Waals surface area contributed by atoms with E-state index in [2.05, 4.69) is 4.98 Å². The van der Waals surface area contributed by atoms with Crippen LogP contribution in [0.15, 0.2) is 34.0 Å². The van der Waals surface area contributed by atoms with Gasteiger partial charge < -0.3 is 10.0 Å². The van der Waals surface area contributed by atoms with Gasteiger partial charge in [0.25, 0.3) is 5.56 Å². The number of hydrogen-bond donors (Lipinski definition) is 1. The fourth-order valence-electron chi connectivity index (χ4n) is 2.23. The molecule has 1 N–H and O–H groups in total. The first kappa shape index (κ1) is 15.9. The van der Waals surface area contributed by atoms with Crippen molar-refractivity contribution in [2.75, 3.05) is 20.2 Å². The van der Waals surface area contributed by atoms with Crippen molar-refractivity contribution in [2.24, 2.45) is 0 Å². The molecule has 6 nitrogen and oxygen atoms in total. The summed E-state index contributed by atoms with van der Waals surface area (Å²) < 4.78 is 1.32. The van der Waals surface area contributed by atoms with Crippen LogP contribution < -0.4 is 5.56 Å². The lowest BCUT2D eigenvalue weighted by atomic mass is 10.2. The molecule has 120 valence electrons. The summed E-state index contributed by atoms with van der Waals surface area (Å²) in [5.74, 6) is -0.241. The molecule has 3 aromatic heterocycles. The van der Waals surface area contributed by atoms with E-state index < -0.39 is 0 Å². The van der Waals surface area contributed by atoms with E-state index in [1.54, 1.807) is 18.4 Å². The van der Waals surface area contributed by atoms with Crippen LogP contribution in [0.4, 0.5) is 0 Å². The van der Waals surface area contributed by atoms with Crippen LogP contribution in [0.2, 0.25) is 0 Å². The summed E-state index contributed by atoms with van der Waals surface area (Å²) >= 11 is 2.99. The average molecular weight is 349 g/mol. The number of thiophene rings is 2. The van der Waals surface area contributed by atoms with Crippen LogP contribution in [0.3, 0.4) is 0 Å². The number of carbonyl (C=O) groups is 1. The SMILES string of the molecule is CN(CCO)C(=O)Cn1cnc2scc(-c3cccs3)c2c1=O. The van der Waals surface area contributed by atoms with Crippen molar-refractivity contribution >= 4 is 38.8 Å². The fraction of sp³-hybridized carbons (Fsp3) is 0.267. The Kier molecular flexibility index (Phi) is 4.56. The summed E-state index contributed by atoms with van der Waals surface area (Å²) in [6, 6.07) is 3.90. The van der Waals surface area contributed by atoms with Crippen LogP contribution in [0.25, 0.3) is 20.7 Å². The summed E-state index contributed by atoms with van der Waals surface area (Å²) in [6.45, 7) is 0.0433. The molecule has 1 amide bonds. The number of amides is 1. The van der Waals surface area contributed by atoms with E-state index in [0.717, 1.165) is 10.4 Å². The second kappa shape index (κ2) is 6.61. The first-order chi connectivity index (χ1) is 11.1. The highest BCUT2D eigenvalue weighted by atomic mass is 32.1. The van der Waals surface area contributed by atoms with Crippen molar-refractivity contribution in [2.45, 2.75) is 6.54 Å². The molecule has 0 aromatic carbocycles. The van der Waals surface area contributed by atoms with Crippen molar-refractivity contribution in [1.82, 2.24) is 14.5 Å². The van der Waals surface area contributed by atoms with Gasteiger partial charge in [-0.3, -0.25) is 14.2 Å². The number of carbonyl (C=O) groups excluding carboxylic acids is 1. The molecule has 0 unspecified atom stereocenters. The third kappa shape index (κ3) is 3.05. The van der Waals surface area contributed by atoms with Gasteiger partial charge in [-0.25, -0.2) is 4.98 Å². The molecule has 3 aromatic rings. The van der Waals surface area contributed by atoms with Crippen LogP contribution in [-0.4, -0.2) is 45.7 Å². The van der Waals surface area contributed by atoms with Gasteiger partial charge in [0, 0.05) is 29.4 Å². The average Bonchev–Trinajstić information content (AvgIpc) is 3.18. The predicted molar refractivity (Wildman–Crippen MR) is 91.9 cm³/mol. The van der Waals surface area contributed by atoms with E-state index in [9.17, 15) is 9.59 Å². The van der Waals surface area contributed by atoms with E-state index in [4.69, 9.17) is 5.11 Å². The minimum atomic E-state index is -0.241. The lowest BCUT2D eigenvalue weighted by Gasteiger charge is -2.16. The molecule has 0 aliphatic rings. The van der Waals surface area contributed by atoms with Crippen molar-refractivity contribution in [3.63, 3.8) is 0 Å². The summed E-state index contributed by atoms with van der Waals surface area (Å²) in [5.41, 5.74) is 0.647. The number of rotatable bonds is 5. The topological polar surface area (TPSA) is 75.4 Å². The lowest BCUT2D eigenvalue weighted by molar-refractivity contribution is -0.131. The highest BCUT2D eigenvalue weighted by Gasteiger charge is 2.16. The van der Waals surface area contributed by atoms with Crippen molar-refractivity contribution in [1.29, 1.82) is 0 Å². The molecular weight excluding hydrogens is 334 g/mol. The number of hydrogen-bond acceptors (Lipinski definition) is 6. The fourth-order valence-corrected chi connectivity index (χ4v) is 3.96. The maximum Gasteiger partial charge on any atom is 0.263 e. The zero-order chi connectivity index (χ0) is 16.4. The van der Waals surface area contributed by atoms with Gasteiger partial charge in [0.1, 0.15) is 11.4 Å². The number of likely N-dealkylation sites (N-methyl/N-ethyl adjacent to an activating group) is 1. The van der Waals surface area contributed by atoms with Gasteiger partial charge in [-0.2, -0.15) is 0 Å². The van der Waals surface area contributed by atoms with E-state index in [0.29, 0.717) is 10.2 Å². The Morgan fingerprint density at radius 2 is 2.26 bits per heavy atom. The van der Waals surface area contributed by atoms with Crippen LogP contribution in [0, 0.1) is 0 Å². The Morgan fingerprint density at radius 1 is 1.43 bits per heavy atom. The second-order valence-corrected chi connectivity index (χ2v) is 6.83. The van der Waals surface area contributed by atoms with Gasteiger partial charge >= 0.3 is 0 Å². The highest BCUT2D eigenvalue weighted by molar-refractivity contribution is 7.18. The standard InChI is InChI=1S/C15H15N3O3S2/c1-17(4-5-19)12(20)7-18-9-16-14-13(15(18)21)10(8-23-14)11-3-2-6-22-11/h2-3,6,8-9,19H,4-5,7H2,1H3. The molecule has 0 aliphatic heterocycles. The molecule has 3 heterocycles. The minimum absolute atomic E-state index is 0.0853. The van der Waals surface area contributed by atoms with Gasteiger partial charge in [0.2, 0.25) is 5.91 Å². The summed E-state index contributed by atoms with van der Waals surface area (Å²) in [5, 5.41) is 13.3. The van der Waals surface area contributed by atoms with Crippen LogP contribution >= 0.6 is 22.7 Å². The zero-order valence-corrected chi connectivity index (χ0v) is 14.1. The van der Waals surface area contributed by atoms with Gasteiger partial charge in [-0.15, -0.1) is 22.7 Å². The Labute approximate surface area is 140 Å². The molecule has 0 fully saturated rings. The quantitative estimate of drug-likeness (QED) is 0.760. The predicted octanol–water partition coefficient (Wildman–Crippen LogP) is 1.64. The molecule has 0 bridgehead atoms. The van der Waals surface area contributed by atoms with E-state index in [-0.39, 0.29) is 31.2 Å². The largest absolute Gasteiger partial charge is 0.395 e. The molecule has 0 radical (unpaired) electrons. The van der Waals surface area contributed by atoms with Gasteiger partial charge in [-0.1, -0.05) is 6.07 Å². The molecule has 0 saturated heterocycles. The molecule has 3 rings (SSSR count). The van der Waals surface area contributed by atoms with E-state index in [1.165, 1.54) is 27.1 Å². The monoisotopic (exact) mass is 349 g/mol. The molecule has 0 saturated carbocycles. The maximum atomic E-state index is 12.7. The highest BCUT2D eigenvalue weighted by Crippen LogP contribution is 2.33. The Balaban J connectivity index is 2.00. The lowest BCUT2D eigenvalue weighted by Crippen LogP contribution is -2.35. The Hall–Kier alpha value is -2.03. The number of aliphatic hydroxyl groups excluding tert-OH is 1. The van der Waals surface area contributed by atoms with Gasteiger partial charge in [0.15, 0.2) is 0 Å². The number of nitrogens with zero attached hydrogens (tertiary/aromatic N) is 3. The smallest absolute Gasteiger partial charge is 0.263 e. The van der Waals surface area contributed by atoms with E-state index >= 15 is 0 Å². The molecule has 0 atom stereocenters. The molecular formula is C15H15N3O3S2. The zero-order valence-electron chi connectivity index (χ0n) is 12.4. The maximum absolute atomic E-state index is 12.7. The molecule has 8 heteroatoms. The van der Waals surface area contributed by atoms with Crippen molar-refractivity contribution in [3.05, 3.63) is 39.6 Å². The number of aliphatic hydroxyl groups is 1. The Bertz CT molecular complexity index is 883. The first-order valence-corrected chi connectivity index (χ1v) is 8.73. The summed E-state index contributed by atoms with van der Waals surface area (Å²) in [4.78, 5) is 32.2. The van der Waals surface area contributed by atoms with Crippen molar-refractivity contribution in [3.8, 4) is 10.4 Å². The second-order valence-electron chi connectivity index (χ2n) is 5.02. The van der Waals surface area contributed by atoms with Crippen molar-refractivity contribution < 1.29 is 9.90 Å². The Morgan fingerprint density at radius 3 is 2.96 bits per heavy atom. The molecule has 23 heavy (non-hydrogen) atoms. The molecule has 0 aliphatic carbocycles. The normalized spacial score (nSPS) is 11.0. The summed E-state index contributed by atoms with van der Waals surface area (Å²) in [6.07, 6.45) is 1.41. The van der Waals surface area contributed by atoms with Gasteiger partial charge in [-0.05, 0) is 11.4 Å². The van der Waals surface area contributed by atoms with E-state index in [1.807, 2.05) is 22.9 Å². The van der Waals surface area contributed by atoms with Crippen LogP contribution in [0.5, 0.6) is 0 Å². The third-order valence-electron chi connectivity index (χ3n) is 3.51. The molecule has 0 spiro atoms. The third-order valence-corrected chi connectivity index (χ3v) is 5.30. The summed E-state index contributed by atoms with van der Waals surface area (Å²) in [7, 11) is 1.59. The minimum Gasteiger partial charge on any atom is -0.395 e. The van der Waals surface area contributed by atoms with Crippen LogP contribution in [0.1, 0.15) is 0 Å².